The number of hydrogen-bond donors (Lipinski definition) is 4. The molecule has 0 radical (unpaired) electrons. The summed E-state index contributed by atoms with van der Waals surface area (Å²) in [6, 6.07) is 8.92. The van der Waals surface area contributed by atoms with Gasteiger partial charge < -0.3 is 15.7 Å². The first-order valence-electron chi connectivity index (χ1n) is 7.69. The average molecular weight is 380 g/mol. The summed E-state index contributed by atoms with van der Waals surface area (Å²) in [5, 5.41) is 18.1. The Labute approximate surface area is 151 Å². The van der Waals surface area contributed by atoms with Crippen LogP contribution in [-0.4, -0.2) is 49.0 Å². The molecule has 26 heavy (non-hydrogen) atoms. The van der Waals surface area contributed by atoms with Gasteiger partial charge in [0.05, 0.1) is 6.04 Å². The number of nitrogens with zero attached hydrogens (tertiary/aromatic N) is 1. The molecule has 0 bridgehead atoms. The number of aromatic nitrogens is 1. The Kier molecular flexibility index (Phi) is 6.14. The number of nitrogens with two attached hydrogens (primary N) is 1. The fourth-order valence-electron chi connectivity index (χ4n) is 2.53. The topological polar surface area (TPSA) is 144 Å². The van der Waals surface area contributed by atoms with Crippen LogP contribution in [0, 0.1) is 6.92 Å². The van der Waals surface area contributed by atoms with Crippen LogP contribution in [0.5, 0.6) is 0 Å². The summed E-state index contributed by atoms with van der Waals surface area (Å²) in [6.45, 7) is 3.03. The zero-order valence-electron chi connectivity index (χ0n) is 14.0. The smallest absolute Gasteiger partial charge is 0.302 e. The number of rotatable bonds is 4. The fourth-order valence-corrected chi connectivity index (χ4v) is 3.25. The first kappa shape index (κ1) is 19.6. The van der Waals surface area contributed by atoms with Crippen molar-refractivity contribution >= 4 is 22.6 Å². The van der Waals surface area contributed by atoms with Crippen molar-refractivity contribution in [3.63, 3.8) is 0 Å². The number of carboxylic acid groups (broad SMARTS) is 1. The molecule has 1 fully saturated rings. The zero-order chi connectivity index (χ0) is 19.3. The van der Waals surface area contributed by atoms with Gasteiger partial charge in [0.2, 0.25) is 0 Å². The van der Waals surface area contributed by atoms with Crippen molar-refractivity contribution in [2.24, 2.45) is 5.14 Å². The first-order valence-corrected chi connectivity index (χ1v) is 9.19. The van der Waals surface area contributed by atoms with E-state index < -0.39 is 10.2 Å². The van der Waals surface area contributed by atoms with E-state index in [9.17, 15) is 13.2 Å². The van der Waals surface area contributed by atoms with Gasteiger partial charge >= 0.3 is 10.2 Å². The Morgan fingerprint density at radius 1 is 1.31 bits per heavy atom. The summed E-state index contributed by atoms with van der Waals surface area (Å²) in [4.78, 5) is 20.4. The lowest BCUT2D eigenvalue weighted by molar-refractivity contribution is -0.122. The van der Waals surface area contributed by atoms with Gasteiger partial charge in [0, 0.05) is 36.1 Å². The molecular weight excluding hydrogens is 360 g/mol. The molecule has 1 aromatic heterocycles. The largest absolute Gasteiger partial charge is 0.483 e. The lowest BCUT2D eigenvalue weighted by atomic mass is 10.0. The molecule has 0 spiro atoms. The van der Waals surface area contributed by atoms with Gasteiger partial charge in [-0.25, -0.2) is 9.11 Å². The fraction of sp³-hybridized carbons (Fsp3) is 0.250. The van der Waals surface area contributed by atoms with E-state index in [0.29, 0.717) is 11.3 Å². The highest BCUT2D eigenvalue weighted by atomic mass is 32.2. The molecule has 0 aliphatic carbocycles. The van der Waals surface area contributed by atoms with Crippen molar-refractivity contribution in [1.29, 1.82) is 0 Å². The molecule has 2 heterocycles. The highest BCUT2D eigenvalue weighted by molar-refractivity contribution is 7.87. The molecule has 3 rings (SSSR count). The number of amides is 1. The minimum absolute atomic E-state index is 0.109. The highest BCUT2D eigenvalue weighted by Gasteiger charge is 2.19. The van der Waals surface area contributed by atoms with Crippen LogP contribution in [0.1, 0.15) is 16.1 Å². The van der Waals surface area contributed by atoms with Gasteiger partial charge in [-0.1, -0.05) is 12.1 Å². The molecule has 0 unspecified atom stereocenters. The molecule has 1 aliphatic heterocycles. The summed E-state index contributed by atoms with van der Waals surface area (Å²) in [5.41, 5.74) is 2.69. The number of carbonyl (C=O) groups is 2. The van der Waals surface area contributed by atoms with E-state index in [0.717, 1.165) is 28.2 Å². The standard InChI is InChI=1S/C15H18N4O3S.CH2O2/c1-10-14(6-7-19(10)23(16,21)22)11-2-4-12(5-3-11)15(20)18-13-8-17-9-13;2-1-3/h2-7,13,17H,8-9H2,1H3,(H,18,20)(H2,16,21,22);1H,(H,2,3). The lowest BCUT2D eigenvalue weighted by Gasteiger charge is -2.27. The number of nitrogens with one attached hydrogen (secondary N) is 2. The van der Waals surface area contributed by atoms with E-state index in [2.05, 4.69) is 10.6 Å². The van der Waals surface area contributed by atoms with Crippen LogP contribution in [0.3, 0.4) is 0 Å². The van der Waals surface area contributed by atoms with Crippen LogP contribution < -0.4 is 15.8 Å². The van der Waals surface area contributed by atoms with Gasteiger partial charge in [-0.05, 0) is 30.7 Å². The van der Waals surface area contributed by atoms with Crippen molar-refractivity contribution in [3.8, 4) is 11.1 Å². The maximum atomic E-state index is 12.1. The van der Waals surface area contributed by atoms with Crippen LogP contribution in [0.25, 0.3) is 11.1 Å². The maximum absolute atomic E-state index is 12.1. The lowest BCUT2D eigenvalue weighted by Crippen LogP contribution is -2.56. The van der Waals surface area contributed by atoms with Crippen LogP contribution >= 0.6 is 0 Å². The summed E-state index contributed by atoms with van der Waals surface area (Å²) in [7, 11) is -3.81. The molecule has 140 valence electrons. The number of benzene rings is 1. The van der Waals surface area contributed by atoms with Gasteiger partial charge in [0.25, 0.3) is 12.4 Å². The van der Waals surface area contributed by atoms with Crippen molar-refractivity contribution in [2.45, 2.75) is 13.0 Å². The van der Waals surface area contributed by atoms with E-state index in [-0.39, 0.29) is 18.4 Å². The molecule has 1 saturated heterocycles. The molecule has 9 nitrogen and oxygen atoms in total. The monoisotopic (exact) mass is 380 g/mol. The van der Waals surface area contributed by atoms with Crippen LogP contribution in [0.4, 0.5) is 0 Å². The summed E-state index contributed by atoms with van der Waals surface area (Å²) < 4.78 is 24.0. The van der Waals surface area contributed by atoms with Crippen molar-refractivity contribution < 1.29 is 23.1 Å². The minimum atomic E-state index is -3.81. The van der Waals surface area contributed by atoms with Gasteiger partial charge in [0.1, 0.15) is 0 Å². The normalized spacial score (nSPS) is 13.9. The van der Waals surface area contributed by atoms with E-state index in [1.807, 2.05) is 0 Å². The number of hydrogen-bond acceptors (Lipinski definition) is 5. The Balaban J connectivity index is 0.000000758. The summed E-state index contributed by atoms with van der Waals surface area (Å²) >= 11 is 0. The minimum Gasteiger partial charge on any atom is -0.483 e. The van der Waals surface area contributed by atoms with Crippen LogP contribution in [0.15, 0.2) is 36.5 Å². The molecule has 0 saturated carbocycles. The molecule has 0 atom stereocenters. The average Bonchev–Trinajstić information content (AvgIpc) is 2.93. The third-order valence-corrected chi connectivity index (χ3v) is 4.89. The molecule has 1 amide bonds. The second-order valence-electron chi connectivity index (χ2n) is 5.67. The Morgan fingerprint density at radius 2 is 1.88 bits per heavy atom. The molecule has 2 aromatic rings. The SMILES string of the molecule is Cc1c(-c2ccc(C(=O)NC3CNC3)cc2)ccn1S(N)(=O)=O.O=CO. The highest BCUT2D eigenvalue weighted by Crippen LogP contribution is 2.25. The van der Waals surface area contributed by atoms with Gasteiger partial charge in [-0.15, -0.1) is 0 Å². The first-order chi connectivity index (χ1) is 12.3. The van der Waals surface area contributed by atoms with Gasteiger partial charge in [0.15, 0.2) is 0 Å². The predicted molar refractivity (Wildman–Crippen MR) is 95.9 cm³/mol. The second kappa shape index (κ2) is 8.13. The van der Waals surface area contributed by atoms with E-state index in [1.54, 1.807) is 37.3 Å². The van der Waals surface area contributed by atoms with E-state index in [1.165, 1.54) is 6.20 Å². The van der Waals surface area contributed by atoms with Gasteiger partial charge in [-0.2, -0.15) is 8.42 Å². The Hall–Kier alpha value is -2.69. The van der Waals surface area contributed by atoms with Crippen molar-refractivity contribution in [3.05, 3.63) is 47.8 Å². The van der Waals surface area contributed by atoms with E-state index >= 15 is 0 Å². The van der Waals surface area contributed by atoms with Crippen LogP contribution in [0.2, 0.25) is 0 Å². The molecule has 1 aliphatic rings. The predicted octanol–water partition coefficient (Wildman–Crippen LogP) is -0.0825. The van der Waals surface area contributed by atoms with E-state index in [4.69, 9.17) is 15.0 Å². The maximum Gasteiger partial charge on any atom is 0.302 e. The third kappa shape index (κ3) is 4.48. The van der Waals surface area contributed by atoms with Gasteiger partial charge in [-0.3, -0.25) is 9.59 Å². The Morgan fingerprint density at radius 3 is 2.31 bits per heavy atom. The van der Waals surface area contributed by atoms with Crippen molar-refractivity contribution in [2.75, 3.05) is 13.1 Å². The molecule has 1 aromatic carbocycles. The van der Waals surface area contributed by atoms with Crippen molar-refractivity contribution in [1.82, 2.24) is 14.6 Å². The zero-order valence-corrected chi connectivity index (χ0v) is 14.9. The number of carbonyl (C=O) groups excluding carboxylic acids is 1. The molecule has 10 heteroatoms. The summed E-state index contributed by atoms with van der Waals surface area (Å²) in [5.74, 6) is -0.109. The Bertz CT molecular complexity index is 886. The molecular formula is C16H20N4O5S. The second-order valence-corrected chi connectivity index (χ2v) is 7.09. The summed E-state index contributed by atoms with van der Waals surface area (Å²) in [6.07, 6.45) is 1.42. The van der Waals surface area contributed by atoms with Crippen LogP contribution in [-0.2, 0) is 15.0 Å². The third-order valence-electron chi connectivity index (χ3n) is 3.95. The molecule has 5 N–H and O–H groups in total. The quantitative estimate of drug-likeness (QED) is 0.546.